The molecule has 0 fully saturated rings. The highest BCUT2D eigenvalue weighted by atomic mass is 35.5. The molecular weight excluding hydrogens is 474 g/mol. The van der Waals surface area contributed by atoms with Gasteiger partial charge in [-0.3, -0.25) is 9.78 Å². The van der Waals surface area contributed by atoms with E-state index in [1.54, 1.807) is 12.4 Å². The van der Waals surface area contributed by atoms with Gasteiger partial charge in [-0.1, -0.05) is 41.9 Å². The van der Waals surface area contributed by atoms with Crippen molar-refractivity contribution < 1.29 is 18.0 Å². The number of hydrogen-bond acceptors (Lipinski definition) is 3. The number of carbonyl (C=O) groups is 1. The van der Waals surface area contributed by atoms with Gasteiger partial charge >= 0.3 is 6.18 Å². The van der Waals surface area contributed by atoms with E-state index in [0.717, 1.165) is 22.8 Å². The Morgan fingerprint density at radius 3 is 2.33 bits per heavy atom. The molecule has 0 aliphatic heterocycles. The van der Waals surface area contributed by atoms with E-state index in [2.05, 4.69) is 10.3 Å². The predicted octanol–water partition coefficient (Wildman–Crippen LogP) is 6.26. The third kappa shape index (κ3) is 6.25. The van der Waals surface area contributed by atoms with Crippen LogP contribution in [0.1, 0.15) is 34.5 Å². The first-order valence-corrected chi connectivity index (χ1v) is 10.3. The van der Waals surface area contributed by atoms with Crippen LogP contribution < -0.4 is 5.32 Å². The lowest BCUT2D eigenvalue weighted by molar-refractivity contribution is -0.137. The van der Waals surface area contributed by atoms with Crippen LogP contribution in [0, 0.1) is 0 Å². The Kier molecular flexibility index (Phi) is 8.89. The average Bonchev–Trinajstić information content (AvgIpc) is 2.76. The SMILES string of the molecule is C[C@@H]([C@@H](NC(=O)c1cccc(C(F)(F)F)c1Cl)c1cccc(-c2cccnc2)c1)N(C)C.Cl. The number of benzene rings is 2. The van der Waals surface area contributed by atoms with Crippen LogP contribution in [0.4, 0.5) is 13.2 Å². The Labute approximate surface area is 202 Å². The number of halogens is 5. The van der Waals surface area contributed by atoms with Crippen molar-refractivity contribution in [3.63, 3.8) is 0 Å². The van der Waals surface area contributed by atoms with Gasteiger partial charge in [0, 0.05) is 18.4 Å². The minimum atomic E-state index is -4.65. The molecule has 1 aromatic heterocycles. The zero-order valence-electron chi connectivity index (χ0n) is 18.2. The molecule has 1 N–H and O–H groups in total. The lowest BCUT2D eigenvalue weighted by Crippen LogP contribution is -2.41. The first-order chi connectivity index (χ1) is 15.1. The molecule has 0 saturated carbocycles. The van der Waals surface area contributed by atoms with E-state index in [9.17, 15) is 18.0 Å². The van der Waals surface area contributed by atoms with Crippen molar-refractivity contribution in [3.05, 3.63) is 88.7 Å². The number of pyridine rings is 1. The Morgan fingerprint density at radius 2 is 1.73 bits per heavy atom. The summed E-state index contributed by atoms with van der Waals surface area (Å²) in [5.41, 5.74) is 1.38. The molecule has 3 rings (SSSR count). The largest absolute Gasteiger partial charge is 0.417 e. The number of amides is 1. The fourth-order valence-electron chi connectivity index (χ4n) is 3.37. The van der Waals surface area contributed by atoms with Crippen LogP contribution in [0.2, 0.25) is 5.02 Å². The lowest BCUT2D eigenvalue weighted by atomic mass is 9.95. The second kappa shape index (κ2) is 11.0. The Balaban J connectivity index is 0.00000385. The van der Waals surface area contributed by atoms with Crippen LogP contribution in [0.5, 0.6) is 0 Å². The van der Waals surface area contributed by atoms with Crippen molar-refractivity contribution in [3.8, 4) is 11.1 Å². The Bertz CT molecular complexity index is 1090. The number of carbonyl (C=O) groups excluding carboxylic acids is 1. The number of rotatable bonds is 6. The predicted molar refractivity (Wildman–Crippen MR) is 127 cm³/mol. The van der Waals surface area contributed by atoms with Crippen molar-refractivity contribution >= 4 is 29.9 Å². The molecule has 176 valence electrons. The second-order valence-corrected chi connectivity index (χ2v) is 8.07. The van der Waals surface area contributed by atoms with Crippen molar-refractivity contribution in [1.82, 2.24) is 15.2 Å². The van der Waals surface area contributed by atoms with E-state index in [1.807, 2.05) is 62.3 Å². The molecule has 0 bridgehead atoms. The number of hydrogen-bond donors (Lipinski definition) is 1. The second-order valence-electron chi connectivity index (χ2n) is 7.69. The van der Waals surface area contributed by atoms with E-state index in [4.69, 9.17) is 11.6 Å². The molecule has 1 amide bonds. The summed E-state index contributed by atoms with van der Waals surface area (Å²) in [4.78, 5) is 19.1. The van der Waals surface area contributed by atoms with Crippen LogP contribution in [0.3, 0.4) is 0 Å². The van der Waals surface area contributed by atoms with Crippen molar-refractivity contribution in [2.45, 2.75) is 25.2 Å². The number of nitrogens with one attached hydrogen (secondary N) is 1. The minimum Gasteiger partial charge on any atom is -0.344 e. The molecule has 0 spiro atoms. The maximum absolute atomic E-state index is 13.2. The van der Waals surface area contributed by atoms with Gasteiger partial charge in [-0.25, -0.2) is 0 Å². The van der Waals surface area contributed by atoms with Gasteiger partial charge in [0.15, 0.2) is 0 Å². The Hall–Kier alpha value is -2.61. The molecule has 0 unspecified atom stereocenters. The van der Waals surface area contributed by atoms with Gasteiger partial charge in [0.05, 0.1) is 22.2 Å². The summed E-state index contributed by atoms with van der Waals surface area (Å²) in [6.07, 6.45) is -1.23. The van der Waals surface area contributed by atoms with Crippen LogP contribution in [-0.4, -0.2) is 35.9 Å². The van der Waals surface area contributed by atoms with Crippen LogP contribution in [0.15, 0.2) is 67.0 Å². The maximum Gasteiger partial charge on any atom is 0.417 e. The fraction of sp³-hybridized carbons (Fsp3) is 0.250. The smallest absolute Gasteiger partial charge is 0.344 e. The standard InChI is InChI=1S/C24H23ClF3N3O.ClH/c1-15(31(2)3)22(17-8-4-7-16(13-17)18-9-6-12-29-14-18)30-23(32)19-10-5-11-20(21(19)25)24(26,27)28;/h4-15,22H,1-3H3,(H,30,32);1H/t15-,22+;/m0./s1. The monoisotopic (exact) mass is 497 g/mol. The molecule has 4 nitrogen and oxygen atoms in total. The molecule has 1 heterocycles. The normalized spacial score (nSPS) is 13.2. The van der Waals surface area contributed by atoms with Gasteiger partial charge in [-0.05, 0) is 62.0 Å². The number of nitrogens with zero attached hydrogens (tertiary/aromatic N) is 2. The third-order valence-electron chi connectivity index (χ3n) is 5.37. The summed E-state index contributed by atoms with van der Waals surface area (Å²) in [5.74, 6) is -0.674. The first-order valence-electron chi connectivity index (χ1n) is 9.93. The summed E-state index contributed by atoms with van der Waals surface area (Å²) in [5, 5.41) is 2.27. The molecule has 3 aromatic rings. The van der Waals surface area contributed by atoms with E-state index < -0.39 is 28.7 Å². The van der Waals surface area contributed by atoms with E-state index >= 15 is 0 Å². The molecule has 33 heavy (non-hydrogen) atoms. The van der Waals surface area contributed by atoms with Crippen molar-refractivity contribution in [2.24, 2.45) is 0 Å². The van der Waals surface area contributed by atoms with E-state index in [0.29, 0.717) is 0 Å². The van der Waals surface area contributed by atoms with Gasteiger partial charge < -0.3 is 10.2 Å². The third-order valence-corrected chi connectivity index (χ3v) is 5.78. The molecule has 9 heteroatoms. The highest BCUT2D eigenvalue weighted by Crippen LogP contribution is 2.36. The van der Waals surface area contributed by atoms with Crippen LogP contribution >= 0.6 is 24.0 Å². The average molecular weight is 498 g/mol. The molecule has 0 radical (unpaired) electrons. The molecular formula is C24H24Cl2F3N3O. The van der Waals surface area contributed by atoms with E-state index in [-0.39, 0.29) is 24.0 Å². The quantitative estimate of drug-likeness (QED) is 0.436. The first kappa shape index (κ1) is 26.6. The minimum absolute atomic E-state index is 0. The molecule has 0 saturated heterocycles. The number of aromatic nitrogens is 1. The van der Waals surface area contributed by atoms with Gasteiger partial charge in [-0.2, -0.15) is 13.2 Å². The zero-order valence-corrected chi connectivity index (χ0v) is 19.8. The van der Waals surface area contributed by atoms with E-state index in [1.165, 1.54) is 12.1 Å². The molecule has 2 atom stereocenters. The summed E-state index contributed by atoms with van der Waals surface area (Å²) in [6, 6.07) is 14.0. The summed E-state index contributed by atoms with van der Waals surface area (Å²) in [7, 11) is 3.73. The summed E-state index contributed by atoms with van der Waals surface area (Å²) < 4.78 is 39.7. The lowest BCUT2D eigenvalue weighted by Gasteiger charge is -2.31. The van der Waals surface area contributed by atoms with Gasteiger partial charge in [0.2, 0.25) is 0 Å². The van der Waals surface area contributed by atoms with Gasteiger partial charge in [0.1, 0.15) is 0 Å². The van der Waals surface area contributed by atoms with Crippen LogP contribution in [0.25, 0.3) is 11.1 Å². The highest BCUT2D eigenvalue weighted by Gasteiger charge is 2.35. The van der Waals surface area contributed by atoms with Crippen molar-refractivity contribution in [2.75, 3.05) is 14.1 Å². The molecule has 0 aliphatic carbocycles. The Morgan fingerprint density at radius 1 is 1.06 bits per heavy atom. The van der Waals surface area contributed by atoms with Gasteiger partial charge in [0.25, 0.3) is 5.91 Å². The maximum atomic E-state index is 13.2. The molecule has 2 aromatic carbocycles. The summed E-state index contributed by atoms with van der Waals surface area (Å²) >= 11 is 5.97. The van der Waals surface area contributed by atoms with Crippen molar-refractivity contribution in [1.29, 1.82) is 0 Å². The van der Waals surface area contributed by atoms with Gasteiger partial charge in [-0.15, -0.1) is 12.4 Å². The molecule has 0 aliphatic rings. The number of likely N-dealkylation sites (N-methyl/N-ethyl adjacent to an activating group) is 1. The summed E-state index contributed by atoms with van der Waals surface area (Å²) in [6.45, 7) is 1.93. The topological polar surface area (TPSA) is 45.2 Å². The number of alkyl halides is 3. The zero-order chi connectivity index (χ0) is 23.5. The fourth-order valence-corrected chi connectivity index (χ4v) is 3.69. The highest BCUT2D eigenvalue weighted by molar-refractivity contribution is 6.34. The van der Waals surface area contributed by atoms with Crippen LogP contribution in [-0.2, 0) is 6.18 Å².